The van der Waals surface area contributed by atoms with Crippen molar-refractivity contribution in [1.29, 1.82) is 0 Å². The highest BCUT2D eigenvalue weighted by atomic mass is 32.2. The Bertz CT molecular complexity index is 271. The van der Waals surface area contributed by atoms with Crippen LogP contribution < -0.4 is 0 Å². The molecule has 1 unspecified atom stereocenters. The molecule has 0 spiro atoms. The molecule has 0 saturated carbocycles. The standard InChI is InChI=1S/C5H5FO3S/c6-3-1-5-2-4-10(7,8)9-5/h5H,2,4H2. The van der Waals surface area contributed by atoms with Crippen LogP contribution in [0.1, 0.15) is 6.42 Å². The van der Waals surface area contributed by atoms with Gasteiger partial charge >= 0.3 is 0 Å². The second kappa shape index (κ2) is 2.56. The lowest BCUT2D eigenvalue weighted by Gasteiger charge is -1.93. The first kappa shape index (κ1) is 7.51. The van der Waals surface area contributed by atoms with Gasteiger partial charge in [0.25, 0.3) is 10.1 Å². The van der Waals surface area contributed by atoms with Crippen molar-refractivity contribution in [2.45, 2.75) is 12.5 Å². The Balaban J connectivity index is 2.66. The third kappa shape index (κ3) is 1.69. The Morgan fingerprint density at radius 1 is 1.60 bits per heavy atom. The summed E-state index contributed by atoms with van der Waals surface area (Å²) in [4.78, 5) is 0. The molecular formula is C5H5FO3S. The van der Waals surface area contributed by atoms with Crippen molar-refractivity contribution in [3.8, 4) is 12.1 Å². The van der Waals surface area contributed by atoms with Crippen LogP contribution >= 0.6 is 0 Å². The summed E-state index contributed by atoms with van der Waals surface area (Å²) in [6.45, 7) is 0. The molecule has 0 aromatic carbocycles. The highest BCUT2D eigenvalue weighted by molar-refractivity contribution is 7.86. The van der Waals surface area contributed by atoms with Crippen molar-refractivity contribution in [2.75, 3.05) is 5.75 Å². The molecule has 5 heteroatoms. The van der Waals surface area contributed by atoms with E-state index in [1.54, 1.807) is 0 Å². The van der Waals surface area contributed by atoms with Crippen molar-refractivity contribution in [3.63, 3.8) is 0 Å². The lowest BCUT2D eigenvalue weighted by atomic mass is 10.3. The maximum absolute atomic E-state index is 11.3. The van der Waals surface area contributed by atoms with Crippen LogP contribution in [0.5, 0.6) is 0 Å². The summed E-state index contributed by atoms with van der Waals surface area (Å²) in [7, 11) is -3.39. The summed E-state index contributed by atoms with van der Waals surface area (Å²) in [6, 6.07) is 0. The van der Waals surface area contributed by atoms with Crippen molar-refractivity contribution in [1.82, 2.24) is 0 Å². The zero-order valence-corrected chi connectivity index (χ0v) is 5.82. The van der Waals surface area contributed by atoms with Crippen molar-refractivity contribution in [2.24, 2.45) is 0 Å². The van der Waals surface area contributed by atoms with Crippen molar-refractivity contribution >= 4 is 10.1 Å². The van der Waals surface area contributed by atoms with Gasteiger partial charge in [-0.15, -0.1) is 4.39 Å². The molecule has 1 aliphatic rings. The molecule has 0 aromatic rings. The predicted molar refractivity (Wildman–Crippen MR) is 32.2 cm³/mol. The molecule has 1 rings (SSSR count). The van der Waals surface area contributed by atoms with Crippen LogP contribution in [0.4, 0.5) is 4.39 Å². The first-order chi connectivity index (χ1) is 4.64. The minimum Gasteiger partial charge on any atom is -0.254 e. The molecule has 0 N–H and O–H groups in total. The van der Waals surface area contributed by atoms with Gasteiger partial charge in [-0.25, -0.2) is 0 Å². The second-order valence-corrected chi connectivity index (χ2v) is 3.59. The fourth-order valence-corrected chi connectivity index (χ4v) is 1.78. The predicted octanol–water partition coefficient (Wildman–Crippen LogP) is 0.0355. The van der Waals surface area contributed by atoms with Gasteiger partial charge in [-0.1, -0.05) is 0 Å². The summed E-state index contributed by atoms with van der Waals surface area (Å²) < 4.78 is 36.6. The molecule has 1 heterocycles. The van der Waals surface area contributed by atoms with Crippen LogP contribution in [0.3, 0.4) is 0 Å². The smallest absolute Gasteiger partial charge is 0.254 e. The topological polar surface area (TPSA) is 43.4 Å². The van der Waals surface area contributed by atoms with Gasteiger partial charge in [-0.3, -0.25) is 4.18 Å². The number of rotatable bonds is 0. The van der Waals surface area contributed by atoms with E-state index >= 15 is 0 Å². The van der Waals surface area contributed by atoms with Gasteiger partial charge in [-0.05, 0) is 5.92 Å². The average Bonchev–Trinajstić information content (AvgIpc) is 2.12. The van der Waals surface area contributed by atoms with E-state index in [2.05, 4.69) is 4.18 Å². The average molecular weight is 164 g/mol. The molecule has 0 aliphatic carbocycles. The molecule has 1 fully saturated rings. The normalized spacial score (nSPS) is 29.1. The van der Waals surface area contributed by atoms with Crippen molar-refractivity contribution in [3.05, 3.63) is 0 Å². The maximum Gasteiger partial charge on any atom is 0.268 e. The summed E-state index contributed by atoms with van der Waals surface area (Å²) in [6.07, 6.45) is 0.603. The molecule has 1 saturated heterocycles. The molecule has 10 heavy (non-hydrogen) atoms. The Morgan fingerprint density at radius 2 is 2.30 bits per heavy atom. The van der Waals surface area contributed by atoms with Crippen LogP contribution in [-0.2, 0) is 14.3 Å². The Morgan fingerprint density at radius 3 is 2.70 bits per heavy atom. The summed E-state index contributed by atoms with van der Waals surface area (Å²) >= 11 is 0. The molecule has 1 atom stereocenters. The van der Waals surface area contributed by atoms with Gasteiger partial charge in [0, 0.05) is 6.42 Å². The Labute approximate surface area is 58.3 Å². The minimum atomic E-state index is -3.39. The van der Waals surface area contributed by atoms with Gasteiger partial charge in [0.1, 0.15) is 12.3 Å². The van der Waals surface area contributed by atoms with E-state index in [1.807, 2.05) is 5.92 Å². The van der Waals surface area contributed by atoms with Gasteiger partial charge in [0.15, 0.2) is 0 Å². The van der Waals surface area contributed by atoms with E-state index in [0.717, 1.165) is 6.17 Å². The third-order valence-electron chi connectivity index (χ3n) is 1.11. The van der Waals surface area contributed by atoms with E-state index in [-0.39, 0.29) is 12.2 Å². The number of hydrogen-bond acceptors (Lipinski definition) is 3. The minimum absolute atomic E-state index is 0.0631. The van der Waals surface area contributed by atoms with E-state index in [4.69, 9.17) is 0 Å². The van der Waals surface area contributed by atoms with E-state index < -0.39 is 16.2 Å². The van der Waals surface area contributed by atoms with Crippen LogP contribution in [0.15, 0.2) is 0 Å². The van der Waals surface area contributed by atoms with Gasteiger partial charge in [-0.2, -0.15) is 8.42 Å². The summed E-state index contributed by atoms with van der Waals surface area (Å²) in [5, 5.41) is 0. The van der Waals surface area contributed by atoms with Crippen molar-refractivity contribution < 1.29 is 17.0 Å². The lowest BCUT2D eigenvalue weighted by Crippen LogP contribution is -2.03. The van der Waals surface area contributed by atoms with Crippen LogP contribution in [0.25, 0.3) is 0 Å². The first-order valence-corrected chi connectivity index (χ1v) is 4.24. The molecule has 0 aromatic heterocycles. The highest BCUT2D eigenvalue weighted by Crippen LogP contribution is 2.14. The van der Waals surface area contributed by atoms with Gasteiger partial charge in [0.05, 0.1) is 5.75 Å². The monoisotopic (exact) mass is 164 g/mol. The zero-order valence-electron chi connectivity index (χ0n) is 5.00. The molecule has 3 nitrogen and oxygen atoms in total. The van der Waals surface area contributed by atoms with Crippen LogP contribution in [-0.4, -0.2) is 20.3 Å². The molecule has 0 radical (unpaired) electrons. The lowest BCUT2D eigenvalue weighted by molar-refractivity contribution is 0.294. The van der Waals surface area contributed by atoms with Gasteiger partial charge in [0.2, 0.25) is 0 Å². The van der Waals surface area contributed by atoms with Crippen LogP contribution in [0, 0.1) is 12.1 Å². The first-order valence-electron chi connectivity index (χ1n) is 2.66. The highest BCUT2D eigenvalue weighted by Gasteiger charge is 2.27. The molecule has 0 amide bonds. The zero-order chi connectivity index (χ0) is 7.61. The summed E-state index contributed by atoms with van der Waals surface area (Å²) in [5.41, 5.74) is 0. The quantitative estimate of drug-likeness (QED) is 0.375. The fraction of sp³-hybridized carbons (Fsp3) is 0.600. The second-order valence-electron chi connectivity index (χ2n) is 1.87. The van der Waals surface area contributed by atoms with Crippen LogP contribution in [0.2, 0.25) is 0 Å². The maximum atomic E-state index is 11.3. The largest absolute Gasteiger partial charge is 0.268 e. The SMILES string of the molecule is O=S1(=O)CCC(C#CF)O1. The third-order valence-corrected chi connectivity index (χ3v) is 2.37. The summed E-state index contributed by atoms with van der Waals surface area (Å²) in [5.74, 6) is 1.92. The van der Waals surface area contributed by atoms with Gasteiger partial charge < -0.3 is 0 Å². The van der Waals surface area contributed by atoms with E-state index in [0.29, 0.717) is 0 Å². The number of hydrogen-bond donors (Lipinski definition) is 0. The molecule has 0 bridgehead atoms. The fourth-order valence-electron chi connectivity index (χ4n) is 0.682. The molecular weight excluding hydrogens is 159 g/mol. The number of halogens is 1. The molecule has 1 aliphatic heterocycles. The molecule has 56 valence electrons. The Kier molecular flexibility index (Phi) is 1.92. The van der Waals surface area contributed by atoms with E-state index in [1.165, 1.54) is 0 Å². The van der Waals surface area contributed by atoms with E-state index in [9.17, 15) is 12.8 Å². The Hall–Kier alpha value is -0.600.